The molecule has 0 unspecified atom stereocenters. The fourth-order valence-corrected chi connectivity index (χ4v) is 3.25. The van der Waals surface area contributed by atoms with Crippen molar-refractivity contribution in [3.8, 4) is 0 Å². The van der Waals surface area contributed by atoms with Crippen molar-refractivity contribution < 1.29 is 23.4 Å². The minimum atomic E-state index is -3.90. The van der Waals surface area contributed by atoms with Crippen molar-refractivity contribution in [2.24, 2.45) is 0 Å². The molecule has 108 valence electrons. The molecule has 0 spiro atoms. The molecular weight excluding hydrogens is 294 g/mol. The fraction of sp³-hybridized carbons (Fsp3) is 0.556. The van der Waals surface area contributed by atoms with Crippen molar-refractivity contribution in [1.29, 1.82) is 0 Å². The molecule has 0 fully saturated rings. The van der Waals surface area contributed by atoms with Gasteiger partial charge in [-0.2, -0.15) is 16.9 Å². The molecule has 8 nitrogen and oxygen atoms in total. The SMILES string of the molecule is O=C(O)c1cn[nH]c1S(=O)(=O)NCCSCCCO. The predicted molar refractivity (Wildman–Crippen MR) is 69.8 cm³/mol. The molecule has 1 rings (SSSR count). The Labute approximate surface area is 114 Å². The molecule has 0 amide bonds. The topological polar surface area (TPSA) is 132 Å². The number of carboxylic acid groups (broad SMARTS) is 1. The first-order valence-corrected chi connectivity index (χ1v) is 8.07. The van der Waals surface area contributed by atoms with Gasteiger partial charge in [0, 0.05) is 18.9 Å². The number of aromatic carboxylic acids is 1. The first kappa shape index (κ1) is 16.0. The number of nitrogens with zero attached hydrogens (tertiary/aromatic N) is 1. The maximum atomic E-state index is 11.8. The summed E-state index contributed by atoms with van der Waals surface area (Å²) in [6.45, 7) is 0.283. The largest absolute Gasteiger partial charge is 0.478 e. The maximum absolute atomic E-state index is 11.8. The highest BCUT2D eigenvalue weighted by Crippen LogP contribution is 2.11. The van der Waals surface area contributed by atoms with Gasteiger partial charge in [0.25, 0.3) is 10.0 Å². The van der Waals surface area contributed by atoms with E-state index in [1.54, 1.807) is 0 Å². The molecule has 1 aromatic heterocycles. The lowest BCUT2D eigenvalue weighted by Gasteiger charge is -2.05. The summed E-state index contributed by atoms with van der Waals surface area (Å²) >= 11 is 1.50. The van der Waals surface area contributed by atoms with E-state index in [0.29, 0.717) is 12.2 Å². The second-order valence-corrected chi connectivity index (χ2v) is 6.43. The monoisotopic (exact) mass is 309 g/mol. The Morgan fingerprint density at radius 2 is 2.21 bits per heavy atom. The van der Waals surface area contributed by atoms with Gasteiger partial charge in [0.1, 0.15) is 5.56 Å². The first-order valence-electron chi connectivity index (χ1n) is 5.44. The summed E-state index contributed by atoms with van der Waals surface area (Å²) in [4.78, 5) is 10.8. The number of aromatic nitrogens is 2. The molecule has 19 heavy (non-hydrogen) atoms. The van der Waals surface area contributed by atoms with Crippen LogP contribution in [0.4, 0.5) is 0 Å². The average molecular weight is 309 g/mol. The molecule has 0 aliphatic rings. The minimum absolute atomic E-state index is 0.106. The van der Waals surface area contributed by atoms with Crippen LogP contribution in [-0.2, 0) is 10.0 Å². The van der Waals surface area contributed by atoms with Crippen LogP contribution in [0.25, 0.3) is 0 Å². The van der Waals surface area contributed by atoms with E-state index in [1.807, 2.05) is 0 Å². The van der Waals surface area contributed by atoms with Gasteiger partial charge in [-0.1, -0.05) is 0 Å². The van der Waals surface area contributed by atoms with Gasteiger partial charge in [-0.15, -0.1) is 0 Å². The highest BCUT2D eigenvalue weighted by atomic mass is 32.2. The molecule has 1 heterocycles. The van der Waals surface area contributed by atoms with Crippen molar-refractivity contribution in [3.63, 3.8) is 0 Å². The van der Waals surface area contributed by atoms with E-state index in [2.05, 4.69) is 14.9 Å². The fourth-order valence-electron chi connectivity index (χ4n) is 1.22. The Morgan fingerprint density at radius 3 is 2.84 bits per heavy atom. The third kappa shape index (κ3) is 4.82. The third-order valence-electron chi connectivity index (χ3n) is 2.09. The normalized spacial score (nSPS) is 11.6. The highest BCUT2D eigenvalue weighted by Gasteiger charge is 2.24. The molecule has 0 saturated heterocycles. The quantitative estimate of drug-likeness (QED) is 0.452. The van der Waals surface area contributed by atoms with E-state index in [0.717, 1.165) is 11.9 Å². The molecule has 0 atom stereocenters. The van der Waals surface area contributed by atoms with Crippen LogP contribution in [0.5, 0.6) is 0 Å². The van der Waals surface area contributed by atoms with Gasteiger partial charge in [-0.05, 0) is 12.2 Å². The number of H-pyrrole nitrogens is 1. The van der Waals surface area contributed by atoms with Crippen LogP contribution in [-0.4, -0.2) is 59.5 Å². The number of thioether (sulfide) groups is 1. The van der Waals surface area contributed by atoms with Crippen molar-refractivity contribution in [2.45, 2.75) is 11.4 Å². The average Bonchev–Trinajstić information content (AvgIpc) is 2.83. The Morgan fingerprint density at radius 1 is 1.47 bits per heavy atom. The van der Waals surface area contributed by atoms with Crippen LogP contribution in [0, 0.1) is 0 Å². The summed E-state index contributed by atoms with van der Waals surface area (Å²) < 4.78 is 25.9. The lowest BCUT2D eigenvalue weighted by molar-refractivity contribution is 0.0692. The molecule has 0 radical (unpaired) electrons. The number of sulfonamides is 1. The first-order chi connectivity index (χ1) is 8.99. The summed E-state index contributed by atoms with van der Waals surface area (Å²) in [7, 11) is -3.90. The summed E-state index contributed by atoms with van der Waals surface area (Å²) in [5.41, 5.74) is -0.388. The Balaban J connectivity index is 2.52. The van der Waals surface area contributed by atoms with E-state index in [1.165, 1.54) is 11.8 Å². The number of hydrogen-bond donors (Lipinski definition) is 4. The van der Waals surface area contributed by atoms with Gasteiger partial charge in [-0.3, -0.25) is 5.10 Å². The molecule has 0 aliphatic carbocycles. The number of carbonyl (C=O) groups is 1. The van der Waals surface area contributed by atoms with E-state index in [9.17, 15) is 13.2 Å². The van der Waals surface area contributed by atoms with Crippen LogP contribution < -0.4 is 4.72 Å². The zero-order valence-corrected chi connectivity index (χ0v) is 11.6. The lowest BCUT2D eigenvalue weighted by atomic mass is 10.4. The number of nitrogens with one attached hydrogen (secondary N) is 2. The van der Waals surface area contributed by atoms with Gasteiger partial charge in [0.15, 0.2) is 5.03 Å². The molecule has 0 aliphatic heterocycles. The molecule has 10 heteroatoms. The Hall–Kier alpha value is -1.10. The second kappa shape index (κ2) is 7.48. The molecule has 1 aromatic rings. The molecule has 4 N–H and O–H groups in total. The number of aliphatic hydroxyl groups is 1. The van der Waals surface area contributed by atoms with Crippen molar-refractivity contribution >= 4 is 27.8 Å². The lowest BCUT2D eigenvalue weighted by Crippen LogP contribution is -2.27. The van der Waals surface area contributed by atoms with Crippen molar-refractivity contribution in [3.05, 3.63) is 11.8 Å². The number of rotatable bonds is 9. The predicted octanol–water partition coefficient (Wildman–Crippen LogP) is -0.498. The van der Waals surface area contributed by atoms with E-state index in [4.69, 9.17) is 10.2 Å². The number of aromatic amines is 1. The number of carboxylic acids is 1. The van der Waals surface area contributed by atoms with E-state index < -0.39 is 21.0 Å². The van der Waals surface area contributed by atoms with Gasteiger partial charge in [-0.25, -0.2) is 17.9 Å². The summed E-state index contributed by atoms with van der Waals surface area (Å²) in [6, 6.07) is 0. The van der Waals surface area contributed by atoms with Crippen LogP contribution in [0.15, 0.2) is 11.2 Å². The summed E-state index contributed by atoms with van der Waals surface area (Å²) in [5, 5.41) is 22.5. The zero-order valence-electron chi connectivity index (χ0n) is 10.00. The smallest absolute Gasteiger partial charge is 0.340 e. The molecule has 0 bridgehead atoms. The summed E-state index contributed by atoms with van der Waals surface area (Å²) in [6.07, 6.45) is 1.61. The third-order valence-corrected chi connectivity index (χ3v) is 4.59. The van der Waals surface area contributed by atoms with Gasteiger partial charge in [0.05, 0.1) is 6.20 Å². The minimum Gasteiger partial charge on any atom is -0.478 e. The van der Waals surface area contributed by atoms with Crippen LogP contribution in [0.2, 0.25) is 0 Å². The molecule has 0 saturated carbocycles. The highest BCUT2D eigenvalue weighted by molar-refractivity contribution is 7.99. The van der Waals surface area contributed by atoms with Gasteiger partial charge >= 0.3 is 5.97 Å². The van der Waals surface area contributed by atoms with Gasteiger partial charge in [0.2, 0.25) is 0 Å². The summed E-state index contributed by atoms with van der Waals surface area (Å²) in [5.74, 6) is -0.0789. The zero-order chi connectivity index (χ0) is 14.3. The van der Waals surface area contributed by atoms with Crippen molar-refractivity contribution in [1.82, 2.24) is 14.9 Å². The van der Waals surface area contributed by atoms with Crippen LogP contribution in [0.3, 0.4) is 0 Å². The number of hydrogen-bond acceptors (Lipinski definition) is 6. The van der Waals surface area contributed by atoms with Crippen LogP contribution in [0.1, 0.15) is 16.8 Å². The van der Waals surface area contributed by atoms with E-state index >= 15 is 0 Å². The van der Waals surface area contributed by atoms with Gasteiger partial charge < -0.3 is 10.2 Å². The Bertz CT molecular complexity index is 514. The second-order valence-electron chi connectivity index (χ2n) is 3.51. The van der Waals surface area contributed by atoms with E-state index in [-0.39, 0.29) is 18.7 Å². The molecular formula is C9H15N3O5S2. The number of aliphatic hydroxyl groups excluding tert-OH is 1. The molecule has 0 aromatic carbocycles. The van der Waals surface area contributed by atoms with Crippen LogP contribution >= 0.6 is 11.8 Å². The van der Waals surface area contributed by atoms with Crippen molar-refractivity contribution in [2.75, 3.05) is 24.7 Å². The Kier molecular flexibility index (Phi) is 6.28. The maximum Gasteiger partial charge on any atom is 0.340 e. The standard InChI is InChI=1S/C9H15N3O5S2/c13-3-1-4-18-5-2-11-19(16,17)8-7(9(14)15)6-10-12-8/h6,11,13H,1-5H2,(H,10,12)(H,14,15).